The van der Waals surface area contributed by atoms with Crippen LogP contribution in [0.2, 0.25) is 0 Å². The van der Waals surface area contributed by atoms with E-state index in [1.165, 1.54) is 19.2 Å². The van der Waals surface area contributed by atoms with E-state index in [9.17, 15) is 10.1 Å². The van der Waals surface area contributed by atoms with Crippen molar-refractivity contribution in [1.82, 2.24) is 15.0 Å². The summed E-state index contributed by atoms with van der Waals surface area (Å²) in [6.07, 6.45) is 0. The van der Waals surface area contributed by atoms with Gasteiger partial charge in [0.2, 0.25) is 5.88 Å². The van der Waals surface area contributed by atoms with Gasteiger partial charge in [0.1, 0.15) is 11.5 Å². The van der Waals surface area contributed by atoms with Crippen molar-refractivity contribution in [3.63, 3.8) is 0 Å². The summed E-state index contributed by atoms with van der Waals surface area (Å²) < 4.78 is 5.03. The van der Waals surface area contributed by atoms with Crippen LogP contribution in [-0.2, 0) is 0 Å². The minimum absolute atomic E-state index is 0.111. The molecule has 0 aliphatic carbocycles. The molecule has 0 spiro atoms. The average Bonchev–Trinajstić information content (AvgIpc) is 2.90. The minimum atomic E-state index is -0.525. The van der Waals surface area contributed by atoms with E-state index >= 15 is 0 Å². The molecule has 1 aromatic carbocycles. The first-order chi connectivity index (χ1) is 10.1. The zero-order chi connectivity index (χ0) is 15.0. The summed E-state index contributed by atoms with van der Waals surface area (Å²) in [6, 6.07) is 8.01. The molecule has 3 rings (SSSR count). The van der Waals surface area contributed by atoms with Gasteiger partial charge in [0, 0.05) is 17.7 Å². The number of fused-ring (bicyclic) bond motifs is 1. The second-order valence-electron chi connectivity index (χ2n) is 4.34. The van der Waals surface area contributed by atoms with Crippen molar-refractivity contribution in [2.45, 2.75) is 0 Å². The molecule has 3 aromatic rings. The third kappa shape index (κ3) is 2.22. The lowest BCUT2D eigenvalue weighted by atomic mass is 10.1. The van der Waals surface area contributed by atoms with Crippen molar-refractivity contribution in [2.24, 2.45) is 0 Å². The maximum absolute atomic E-state index is 10.9. The van der Waals surface area contributed by atoms with E-state index in [0.717, 1.165) is 0 Å². The topological polar surface area (TPSA) is 120 Å². The van der Waals surface area contributed by atoms with Crippen LogP contribution in [0.1, 0.15) is 0 Å². The summed E-state index contributed by atoms with van der Waals surface area (Å²) in [6.45, 7) is 0. The lowest BCUT2D eigenvalue weighted by Gasteiger charge is -1.99. The first kappa shape index (κ1) is 12.9. The maximum atomic E-state index is 10.9. The molecule has 106 valence electrons. The van der Waals surface area contributed by atoms with Crippen molar-refractivity contribution in [2.75, 3.05) is 12.8 Å². The largest absolute Gasteiger partial charge is 0.481 e. The van der Waals surface area contributed by atoms with E-state index in [-0.39, 0.29) is 11.4 Å². The molecule has 0 atom stereocenters. The first-order valence-corrected chi connectivity index (χ1v) is 6.03. The van der Waals surface area contributed by atoms with Gasteiger partial charge in [0.05, 0.1) is 17.5 Å². The highest BCUT2D eigenvalue weighted by Crippen LogP contribution is 2.28. The van der Waals surface area contributed by atoms with Crippen LogP contribution in [0.4, 0.5) is 11.4 Å². The van der Waals surface area contributed by atoms with Crippen LogP contribution >= 0.6 is 0 Å². The Bertz CT molecular complexity index is 843. The maximum Gasteiger partial charge on any atom is 0.292 e. The van der Waals surface area contributed by atoms with Crippen LogP contribution in [0.5, 0.6) is 5.88 Å². The standard InChI is InChI=1S/C13H11N5O3/c1-21-11-5-4-9-13(16-11)17-12(15-9)7-2-3-8(14)10(6-7)18(19)20/h2-6H,14H2,1H3,(H,15,16,17). The lowest BCUT2D eigenvalue weighted by molar-refractivity contribution is -0.383. The van der Waals surface area contributed by atoms with Crippen molar-refractivity contribution in [1.29, 1.82) is 0 Å². The van der Waals surface area contributed by atoms with Crippen molar-refractivity contribution in [3.8, 4) is 17.3 Å². The Labute approximate surface area is 118 Å². The second kappa shape index (κ2) is 4.75. The highest BCUT2D eigenvalue weighted by Gasteiger charge is 2.15. The summed E-state index contributed by atoms with van der Waals surface area (Å²) >= 11 is 0. The number of H-pyrrole nitrogens is 1. The number of aromatic amines is 1. The zero-order valence-corrected chi connectivity index (χ0v) is 11.0. The molecule has 0 radical (unpaired) electrons. The predicted octanol–water partition coefficient (Wildman–Crippen LogP) is 2.12. The number of nitrogens with one attached hydrogen (secondary N) is 1. The fraction of sp³-hybridized carbons (Fsp3) is 0.0769. The Hall–Kier alpha value is -3.16. The lowest BCUT2D eigenvalue weighted by Crippen LogP contribution is -1.96. The summed E-state index contributed by atoms with van der Waals surface area (Å²) in [4.78, 5) is 22.0. The van der Waals surface area contributed by atoms with E-state index in [1.807, 2.05) is 0 Å². The highest BCUT2D eigenvalue weighted by atomic mass is 16.6. The molecule has 0 saturated carbocycles. The number of aromatic nitrogens is 3. The number of benzene rings is 1. The molecule has 2 heterocycles. The van der Waals surface area contributed by atoms with E-state index in [4.69, 9.17) is 10.5 Å². The number of nitro groups is 1. The molecule has 2 aromatic heterocycles. The molecule has 8 heteroatoms. The van der Waals surface area contributed by atoms with Gasteiger partial charge >= 0.3 is 0 Å². The summed E-state index contributed by atoms with van der Waals surface area (Å²) in [5.74, 6) is 0.928. The van der Waals surface area contributed by atoms with Gasteiger partial charge in [-0.05, 0) is 18.2 Å². The molecule has 3 N–H and O–H groups in total. The Morgan fingerprint density at radius 1 is 1.29 bits per heavy atom. The summed E-state index contributed by atoms with van der Waals surface area (Å²) in [7, 11) is 1.52. The van der Waals surface area contributed by atoms with Crippen LogP contribution in [0.25, 0.3) is 22.6 Å². The van der Waals surface area contributed by atoms with Gasteiger partial charge in [0.15, 0.2) is 5.65 Å². The van der Waals surface area contributed by atoms with Crippen LogP contribution in [0.3, 0.4) is 0 Å². The van der Waals surface area contributed by atoms with Crippen LogP contribution in [0, 0.1) is 10.1 Å². The number of nitrogens with two attached hydrogens (primary N) is 1. The van der Waals surface area contributed by atoms with Crippen LogP contribution in [0.15, 0.2) is 30.3 Å². The number of hydrogen-bond donors (Lipinski definition) is 2. The number of ether oxygens (including phenoxy) is 1. The van der Waals surface area contributed by atoms with Gasteiger partial charge in [-0.3, -0.25) is 10.1 Å². The molecule has 0 fully saturated rings. The van der Waals surface area contributed by atoms with E-state index in [2.05, 4.69) is 15.0 Å². The molecular weight excluding hydrogens is 274 g/mol. The summed E-state index contributed by atoms with van der Waals surface area (Å²) in [5, 5.41) is 10.9. The summed E-state index contributed by atoms with van der Waals surface area (Å²) in [5.41, 5.74) is 7.29. The minimum Gasteiger partial charge on any atom is -0.481 e. The smallest absolute Gasteiger partial charge is 0.292 e. The quantitative estimate of drug-likeness (QED) is 0.432. The fourth-order valence-corrected chi connectivity index (χ4v) is 1.97. The number of nitro benzene ring substituents is 1. The number of anilines is 1. The highest BCUT2D eigenvalue weighted by molar-refractivity contribution is 5.78. The first-order valence-electron chi connectivity index (χ1n) is 6.03. The van der Waals surface area contributed by atoms with Crippen LogP contribution in [-0.4, -0.2) is 27.0 Å². The molecule has 0 saturated heterocycles. The van der Waals surface area contributed by atoms with Gasteiger partial charge in [-0.25, -0.2) is 4.98 Å². The Morgan fingerprint density at radius 2 is 2.10 bits per heavy atom. The number of imidazole rings is 1. The van der Waals surface area contributed by atoms with Crippen molar-refractivity contribution >= 4 is 22.5 Å². The molecule has 0 aliphatic rings. The molecule has 21 heavy (non-hydrogen) atoms. The van der Waals surface area contributed by atoms with Gasteiger partial charge in [-0.1, -0.05) is 0 Å². The molecule has 0 amide bonds. The number of rotatable bonds is 3. The number of hydrogen-bond acceptors (Lipinski definition) is 6. The number of pyridine rings is 1. The Kier molecular flexibility index (Phi) is 2.90. The van der Waals surface area contributed by atoms with Crippen molar-refractivity contribution in [3.05, 3.63) is 40.4 Å². The van der Waals surface area contributed by atoms with Gasteiger partial charge in [-0.15, -0.1) is 0 Å². The normalized spacial score (nSPS) is 10.7. The predicted molar refractivity (Wildman–Crippen MR) is 76.9 cm³/mol. The van der Waals surface area contributed by atoms with E-state index in [1.54, 1.807) is 18.2 Å². The van der Waals surface area contributed by atoms with E-state index in [0.29, 0.717) is 28.4 Å². The SMILES string of the molecule is COc1ccc2[nH]c(-c3ccc(N)c([N+](=O)[O-])c3)nc2n1. The third-order valence-electron chi connectivity index (χ3n) is 3.03. The van der Waals surface area contributed by atoms with Crippen molar-refractivity contribution < 1.29 is 9.66 Å². The number of nitrogen functional groups attached to an aromatic ring is 1. The molecule has 0 bridgehead atoms. The Balaban J connectivity index is 2.12. The molecule has 0 unspecified atom stereocenters. The third-order valence-corrected chi connectivity index (χ3v) is 3.03. The Morgan fingerprint density at radius 3 is 2.81 bits per heavy atom. The number of nitrogens with zero attached hydrogens (tertiary/aromatic N) is 3. The molecular formula is C13H11N5O3. The zero-order valence-electron chi connectivity index (χ0n) is 11.0. The average molecular weight is 285 g/mol. The fourth-order valence-electron chi connectivity index (χ4n) is 1.97. The molecule has 8 nitrogen and oxygen atoms in total. The van der Waals surface area contributed by atoms with Crippen LogP contribution < -0.4 is 10.5 Å². The van der Waals surface area contributed by atoms with Gasteiger partial charge in [0.25, 0.3) is 5.69 Å². The van der Waals surface area contributed by atoms with Gasteiger partial charge < -0.3 is 15.5 Å². The van der Waals surface area contributed by atoms with Gasteiger partial charge in [-0.2, -0.15) is 4.98 Å². The van der Waals surface area contributed by atoms with E-state index < -0.39 is 4.92 Å². The monoisotopic (exact) mass is 285 g/mol. The molecule has 0 aliphatic heterocycles. The number of methoxy groups -OCH3 is 1. The second-order valence-corrected chi connectivity index (χ2v) is 4.34.